The van der Waals surface area contributed by atoms with Crippen LogP contribution >= 0.6 is 0 Å². The number of carbonyl (C=O) groups excluding carboxylic acids is 1. The molecule has 0 radical (unpaired) electrons. The maximum absolute atomic E-state index is 11.7. The fourth-order valence-corrected chi connectivity index (χ4v) is 2.21. The predicted molar refractivity (Wildman–Crippen MR) is 64.2 cm³/mol. The van der Waals surface area contributed by atoms with Crippen molar-refractivity contribution in [3.63, 3.8) is 0 Å². The Morgan fingerprint density at radius 3 is 2.25 bits per heavy atom. The molecule has 0 unspecified atom stereocenters. The molecule has 0 aromatic rings. The lowest BCUT2D eigenvalue weighted by Gasteiger charge is -2.35. The van der Waals surface area contributed by atoms with Gasteiger partial charge in [-0.3, -0.25) is 0 Å². The molecule has 0 heterocycles. The number of amides is 1. The van der Waals surface area contributed by atoms with Crippen LogP contribution in [-0.4, -0.2) is 23.3 Å². The molecule has 1 fully saturated rings. The van der Waals surface area contributed by atoms with E-state index in [1.165, 1.54) is 0 Å². The molecular formula is C12H24N2O2. The summed E-state index contributed by atoms with van der Waals surface area (Å²) in [7, 11) is 0. The first-order valence-corrected chi connectivity index (χ1v) is 6.02. The Morgan fingerprint density at radius 1 is 1.38 bits per heavy atom. The fraction of sp³-hybridized carbons (Fsp3) is 0.917. The molecule has 1 saturated carbocycles. The van der Waals surface area contributed by atoms with Gasteiger partial charge in [-0.05, 0) is 40.5 Å². The van der Waals surface area contributed by atoms with Crippen molar-refractivity contribution in [2.75, 3.05) is 0 Å². The van der Waals surface area contributed by atoms with Gasteiger partial charge in [-0.25, -0.2) is 4.79 Å². The summed E-state index contributed by atoms with van der Waals surface area (Å²) in [4.78, 5) is 11.7. The van der Waals surface area contributed by atoms with Crippen LogP contribution in [0.15, 0.2) is 0 Å². The Labute approximate surface area is 97.9 Å². The Hall–Kier alpha value is -0.770. The monoisotopic (exact) mass is 228 g/mol. The van der Waals surface area contributed by atoms with Gasteiger partial charge in [0.05, 0.1) is 5.54 Å². The van der Waals surface area contributed by atoms with Gasteiger partial charge in [0.1, 0.15) is 5.60 Å². The van der Waals surface area contributed by atoms with E-state index in [-0.39, 0.29) is 17.7 Å². The fourth-order valence-electron chi connectivity index (χ4n) is 2.21. The van der Waals surface area contributed by atoms with Crippen LogP contribution in [-0.2, 0) is 4.74 Å². The molecule has 1 atom stereocenters. The quantitative estimate of drug-likeness (QED) is 0.761. The van der Waals surface area contributed by atoms with E-state index in [0.29, 0.717) is 0 Å². The van der Waals surface area contributed by atoms with E-state index in [0.717, 1.165) is 25.7 Å². The van der Waals surface area contributed by atoms with E-state index in [1.807, 2.05) is 27.7 Å². The average Bonchev–Trinajstić information content (AvgIpc) is 2.49. The summed E-state index contributed by atoms with van der Waals surface area (Å²) < 4.78 is 5.27. The third-order valence-electron chi connectivity index (χ3n) is 3.12. The summed E-state index contributed by atoms with van der Waals surface area (Å²) >= 11 is 0. The van der Waals surface area contributed by atoms with Crippen molar-refractivity contribution in [3.05, 3.63) is 0 Å². The molecule has 3 N–H and O–H groups in total. The molecular weight excluding hydrogens is 204 g/mol. The van der Waals surface area contributed by atoms with Crippen molar-refractivity contribution in [2.45, 2.75) is 70.6 Å². The zero-order chi connectivity index (χ0) is 12.4. The van der Waals surface area contributed by atoms with E-state index in [4.69, 9.17) is 10.5 Å². The molecule has 4 heteroatoms. The summed E-state index contributed by atoms with van der Waals surface area (Å²) in [6.07, 6.45) is 3.79. The van der Waals surface area contributed by atoms with Gasteiger partial charge < -0.3 is 15.8 Å². The summed E-state index contributed by atoms with van der Waals surface area (Å²) in [6.45, 7) is 7.53. The van der Waals surface area contributed by atoms with Crippen LogP contribution in [0.25, 0.3) is 0 Å². The standard InChI is InChI=1S/C12H24N2O2/c1-9(13)12(7-5-6-8-12)14-10(15)16-11(2,3)4/h9H,5-8,13H2,1-4H3,(H,14,15)/t9-/m0/s1. The molecule has 0 saturated heterocycles. The van der Waals surface area contributed by atoms with Gasteiger partial charge in [0.25, 0.3) is 0 Å². The Morgan fingerprint density at radius 2 is 1.88 bits per heavy atom. The van der Waals surface area contributed by atoms with Gasteiger partial charge in [0.2, 0.25) is 0 Å². The first-order valence-electron chi connectivity index (χ1n) is 6.02. The van der Waals surface area contributed by atoms with Crippen LogP contribution in [0.3, 0.4) is 0 Å². The number of nitrogens with two attached hydrogens (primary N) is 1. The van der Waals surface area contributed by atoms with Gasteiger partial charge in [-0.2, -0.15) is 0 Å². The Bertz CT molecular complexity index is 250. The normalized spacial score (nSPS) is 21.6. The second kappa shape index (κ2) is 4.62. The van der Waals surface area contributed by atoms with E-state index in [9.17, 15) is 4.79 Å². The Kier molecular flexibility index (Phi) is 3.84. The molecule has 0 aromatic carbocycles. The summed E-state index contributed by atoms with van der Waals surface area (Å²) in [6, 6.07) is -0.0393. The Balaban J connectivity index is 2.60. The SMILES string of the molecule is C[C@H](N)C1(NC(=O)OC(C)(C)C)CCCC1. The predicted octanol–water partition coefficient (Wildman–Crippen LogP) is 2.17. The number of hydrogen-bond acceptors (Lipinski definition) is 3. The molecule has 1 aliphatic carbocycles. The average molecular weight is 228 g/mol. The lowest BCUT2D eigenvalue weighted by Crippen LogP contribution is -2.57. The van der Waals surface area contributed by atoms with Crippen LogP contribution in [0.5, 0.6) is 0 Å². The number of rotatable bonds is 2. The van der Waals surface area contributed by atoms with E-state index in [1.54, 1.807) is 0 Å². The molecule has 0 bridgehead atoms. The van der Waals surface area contributed by atoms with Crippen LogP contribution in [0.2, 0.25) is 0 Å². The van der Waals surface area contributed by atoms with E-state index < -0.39 is 5.60 Å². The van der Waals surface area contributed by atoms with Crippen molar-refractivity contribution in [1.82, 2.24) is 5.32 Å². The van der Waals surface area contributed by atoms with Gasteiger partial charge in [0, 0.05) is 6.04 Å². The molecule has 1 aliphatic rings. The minimum atomic E-state index is -0.457. The molecule has 0 spiro atoms. The maximum Gasteiger partial charge on any atom is 0.408 e. The first kappa shape index (κ1) is 13.3. The van der Waals surface area contributed by atoms with Crippen molar-refractivity contribution in [2.24, 2.45) is 5.73 Å². The van der Waals surface area contributed by atoms with Crippen LogP contribution < -0.4 is 11.1 Å². The number of nitrogens with one attached hydrogen (secondary N) is 1. The lowest BCUT2D eigenvalue weighted by atomic mass is 9.90. The van der Waals surface area contributed by atoms with Crippen molar-refractivity contribution in [3.8, 4) is 0 Å². The summed E-state index contributed by atoms with van der Waals surface area (Å²) in [5.41, 5.74) is 5.26. The smallest absolute Gasteiger partial charge is 0.408 e. The highest BCUT2D eigenvalue weighted by molar-refractivity contribution is 5.69. The molecule has 1 amide bonds. The molecule has 16 heavy (non-hydrogen) atoms. The second-order valence-corrected chi connectivity index (χ2v) is 5.78. The van der Waals surface area contributed by atoms with E-state index >= 15 is 0 Å². The molecule has 94 valence electrons. The van der Waals surface area contributed by atoms with Gasteiger partial charge in [0.15, 0.2) is 0 Å². The third-order valence-corrected chi connectivity index (χ3v) is 3.12. The number of alkyl carbamates (subject to hydrolysis) is 1. The maximum atomic E-state index is 11.7. The van der Waals surface area contributed by atoms with Gasteiger partial charge in [-0.15, -0.1) is 0 Å². The highest BCUT2D eigenvalue weighted by Crippen LogP contribution is 2.32. The summed E-state index contributed by atoms with van der Waals surface area (Å²) in [5, 5.41) is 2.96. The molecule has 4 nitrogen and oxygen atoms in total. The number of carbonyl (C=O) groups is 1. The lowest BCUT2D eigenvalue weighted by molar-refractivity contribution is 0.0442. The van der Waals surface area contributed by atoms with Crippen LogP contribution in [0.4, 0.5) is 4.79 Å². The van der Waals surface area contributed by atoms with Crippen LogP contribution in [0, 0.1) is 0 Å². The zero-order valence-corrected chi connectivity index (χ0v) is 10.8. The van der Waals surface area contributed by atoms with Crippen molar-refractivity contribution in [1.29, 1.82) is 0 Å². The first-order chi connectivity index (χ1) is 7.25. The second-order valence-electron chi connectivity index (χ2n) is 5.78. The van der Waals surface area contributed by atoms with E-state index in [2.05, 4.69) is 5.32 Å². The minimum Gasteiger partial charge on any atom is -0.444 e. The molecule has 1 rings (SSSR count). The highest BCUT2D eigenvalue weighted by atomic mass is 16.6. The van der Waals surface area contributed by atoms with Gasteiger partial charge in [-0.1, -0.05) is 12.8 Å². The highest BCUT2D eigenvalue weighted by Gasteiger charge is 2.39. The third kappa shape index (κ3) is 3.37. The summed E-state index contributed by atoms with van der Waals surface area (Å²) in [5.74, 6) is 0. The largest absolute Gasteiger partial charge is 0.444 e. The molecule has 0 aromatic heterocycles. The number of hydrogen-bond donors (Lipinski definition) is 2. The topological polar surface area (TPSA) is 64.3 Å². The minimum absolute atomic E-state index is 0.0393. The number of ether oxygens (including phenoxy) is 1. The van der Waals surface area contributed by atoms with Crippen LogP contribution in [0.1, 0.15) is 53.4 Å². The van der Waals surface area contributed by atoms with Crippen molar-refractivity contribution >= 4 is 6.09 Å². The van der Waals surface area contributed by atoms with Crippen molar-refractivity contribution < 1.29 is 9.53 Å². The molecule has 0 aliphatic heterocycles. The van der Waals surface area contributed by atoms with Gasteiger partial charge >= 0.3 is 6.09 Å². The zero-order valence-electron chi connectivity index (χ0n) is 10.8.